The first-order chi connectivity index (χ1) is 3.63. The molecule has 0 saturated carbocycles. The fraction of sp³-hybridized carbons (Fsp3) is 1.00. The minimum Gasteiger partial charge on any atom is -0.391 e. The average Bonchev–Trinajstić information content (AvgIpc) is 1.86. The quantitative estimate of drug-likeness (QED) is 0.470. The second kappa shape index (κ2) is 1.71. The van der Waals surface area contributed by atoms with Gasteiger partial charge in [-0.2, -0.15) is 0 Å². The van der Waals surface area contributed by atoms with E-state index in [-0.39, 0.29) is 11.6 Å². The van der Waals surface area contributed by atoms with Gasteiger partial charge in [0.1, 0.15) is 0 Å². The molecule has 1 unspecified atom stereocenters. The van der Waals surface area contributed by atoms with Crippen molar-refractivity contribution in [2.24, 2.45) is 0 Å². The van der Waals surface area contributed by atoms with E-state index in [0.717, 1.165) is 13.0 Å². The molecule has 1 saturated heterocycles. The highest BCUT2D eigenvalue weighted by molar-refractivity contribution is 4.91. The zero-order chi connectivity index (χ0) is 6.20. The summed E-state index contributed by atoms with van der Waals surface area (Å²) in [6.07, 6.45) is 0.745. The van der Waals surface area contributed by atoms with Crippen LogP contribution in [-0.2, 0) is 0 Å². The summed E-state index contributed by atoms with van der Waals surface area (Å²) in [5, 5.41) is 12.4. The third-order valence-corrected chi connectivity index (χ3v) is 1.83. The van der Waals surface area contributed by atoms with Crippen molar-refractivity contribution < 1.29 is 5.11 Å². The SMILES string of the molecule is CC1(C)NCCC1O. The molecule has 2 nitrogen and oxygen atoms in total. The number of hydrogen-bond acceptors (Lipinski definition) is 2. The average molecular weight is 115 g/mol. The summed E-state index contributed by atoms with van der Waals surface area (Å²) >= 11 is 0. The van der Waals surface area contributed by atoms with Crippen molar-refractivity contribution in [3.63, 3.8) is 0 Å². The molecular weight excluding hydrogens is 102 g/mol. The molecule has 1 heterocycles. The molecule has 0 aromatic heterocycles. The van der Waals surface area contributed by atoms with Gasteiger partial charge in [-0.3, -0.25) is 0 Å². The van der Waals surface area contributed by atoms with E-state index in [2.05, 4.69) is 5.32 Å². The van der Waals surface area contributed by atoms with Crippen molar-refractivity contribution in [1.29, 1.82) is 0 Å². The molecule has 1 fully saturated rings. The minimum absolute atomic E-state index is 0.0417. The molecule has 1 aliphatic rings. The van der Waals surface area contributed by atoms with Crippen LogP contribution >= 0.6 is 0 Å². The van der Waals surface area contributed by atoms with Crippen molar-refractivity contribution in [2.45, 2.75) is 31.9 Å². The van der Waals surface area contributed by atoms with Crippen LogP contribution in [0.3, 0.4) is 0 Å². The second-order valence-electron chi connectivity index (χ2n) is 2.95. The van der Waals surface area contributed by atoms with Crippen LogP contribution in [0.15, 0.2) is 0 Å². The molecule has 0 aromatic carbocycles. The number of aliphatic hydroxyl groups excluding tert-OH is 1. The second-order valence-corrected chi connectivity index (χ2v) is 2.95. The fourth-order valence-electron chi connectivity index (χ4n) is 1.01. The molecule has 2 N–H and O–H groups in total. The Bertz CT molecular complexity index is 90.5. The molecule has 1 rings (SSSR count). The molecule has 0 amide bonds. The van der Waals surface area contributed by atoms with Gasteiger partial charge in [0.15, 0.2) is 0 Å². The van der Waals surface area contributed by atoms with Gasteiger partial charge in [0, 0.05) is 5.54 Å². The lowest BCUT2D eigenvalue weighted by atomic mass is 10.0. The summed E-state index contributed by atoms with van der Waals surface area (Å²) in [5.41, 5.74) is -0.0417. The van der Waals surface area contributed by atoms with Crippen LogP contribution in [0.4, 0.5) is 0 Å². The van der Waals surface area contributed by atoms with E-state index < -0.39 is 0 Å². The summed E-state index contributed by atoms with van der Waals surface area (Å²) in [7, 11) is 0. The van der Waals surface area contributed by atoms with Crippen molar-refractivity contribution in [1.82, 2.24) is 5.32 Å². The molecule has 8 heavy (non-hydrogen) atoms. The van der Waals surface area contributed by atoms with Gasteiger partial charge in [-0.05, 0) is 26.8 Å². The van der Waals surface area contributed by atoms with Gasteiger partial charge in [-0.15, -0.1) is 0 Å². The predicted octanol–water partition coefficient (Wildman–Crippen LogP) is 0.119. The van der Waals surface area contributed by atoms with E-state index in [1.807, 2.05) is 13.8 Å². The van der Waals surface area contributed by atoms with Crippen LogP contribution in [0.2, 0.25) is 0 Å². The van der Waals surface area contributed by atoms with E-state index in [9.17, 15) is 5.11 Å². The Morgan fingerprint density at radius 2 is 2.25 bits per heavy atom. The molecule has 2 heteroatoms. The molecular formula is C6H13NO. The van der Waals surface area contributed by atoms with E-state index in [0.29, 0.717) is 0 Å². The van der Waals surface area contributed by atoms with Crippen LogP contribution in [0, 0.1) is 0 Å². The van der Waals surface area contributed by atoms with Gasteiger partial charge in [-0.1, -0.05) is 0 Å². The summed E-state index contributed by atoms with van der Waals surface area (Å²) in [5.74, 6) is 0. The highest BCUT2D eigenvalue weighted by Gasteiger charge is 2.31. The Labute approximate surface area is 49.9 Å². The Morgan fingerprint density at radius 3 is 2.38 bits per heavy atom. The molecule has 1 aliphatic heterocycles. The Kier molecular flexibility index (Phi) is 1.29. The van der Waals surface area contributed by atoms with Crippen LogP contribution in [-0.4, -0.2) is 23.3 Å². The molecule has 0 radical (unpaired) electrons. The topological polar surface area (TPSA) is 32.3 Å². The normalized spacial score (nSPS) is 35.6. The highest BCUT2D eigenvalue weighted by Crippen LogP contribution is 2.17. The molecule has 48 valence electrons. The van der Waals surface area contributed by atoms with Crippen molar-refractivity contribution in [3.8, 4) is 0 Å². The minimum atomic E-state index is -0.150. The largest absolute Gasteiger partial charge is 0.391 e. The Hall–Kier alpha value is -0.0800. The van der Waals surface area contributed by atoms with Gasteiger partial charge in [0.2, 0.25) is 0 Å². The number of rotatable bonds is 0. The monoisotopic (exact) mass is 115 g/mol. The fourth-order valence-corrected chi connectivity index (χ4v) is 1.01. The molecule has 0 bridgehead atoms. The third kappa shape index (κ3) is 0.858. The van der Waals surface area contributed by atoms with Crippen LogP contribution < -0.4 is 5.32 Å². The van der Waals surface area contributed by atoms with Crippen LogP contribution in [0.1, 0.15) is 20.3 Å². The van der Waals surface area contributed by atoms with Crippen molar-refractivity contribution in [2.75, 3.05) is 6.54 Å². The zero-order valence-electron chi connectivity index (χ0n) is 5.44. The molecule has 0 aromatic rings. The van der Waals surface area contributed by atoms with Gasteiger partial charge in [-0.25, -0.2) is 0 Å². The smallest absolute Gasteiger partial charge is 0.0728 e. The first-order valence-corrected chi connectivity index (χ1v) is 3.06. The predicted molar refractivity (Wildman–Crippen MR) is 32.7 cm³/mol. The van der Waals surface area contributed by atoms with Gasteiger partial charge in [0.05, 0.1) is 6.10 Å². The Balaban J connectivity index is 2.54. The summed E-state index contributed by atoms with van der Waals surface area (Å²) in [6, 6.07) is 0. The van der Waals surface area contributed by atoms with Gasteiger partial charge in [0.25, 0.3) is 0 Å². The maximum absolute atomic E-state index is 9.19. The number of nitrogens with one attached hydrogen (secondary N) is 1. The van der Waals surface area contributed by atoms with E-state index in [4.69, 9.17) is 0 Å². The lowest BCUT2D eigenvalue weighted by Crippen LogP contribution is -2.40. The van der Waals surface area contributed by atoms with E-state index >= 15 is 0 Å². The Morgan fingerprint density at radius 1 is 1.62 bits per heavy atom. The first-order valence-electron chi connectivity index (χ1n) is 3.06. The lowest BCUT2D eigenvalue weighted by molar-refractivity contribution is 0.119. The third-order valence-electron chi connectivity index (χ3n) is 1.83. The molecule has 1 atom stereocenters. The van der Waals surface area contributed by atoms with E-state index in [1.165, 1.54) is 0 Å². The van der Waals surface area contributed by atoms with Crippen molar-refractivity contribution >= 4 is 0 Å². The van der Waals surface area contributed by atoms with Crippen LogP contribution in [0.25, 0.3) is 0 Å². The standard InChI is InChI=1S/C6H13NO/c1-6(2)5(8)3-4-7-6/h5,7-8H,3-4H2,1-2H3. The van der Waals surface area contributed by atoms with Gasteiger partial charge >= 0.3 is 0 Å². The first kappa shape index (κ1) is 6.05. The summed E-state index contributed by atoms with van der Waals surface area (Å²) in [6.45, 7) is 4.99. The van der Waals surface area contributed by atoms with Gasteiger partial charge < -0.3 is 10.4 Å². The van der Waals surface area contributed by atoms with Crippen LogP contribution in [0.5, 0.6) is 0 Å². The zero-order valence-corrected chi connectivity index (χ0v) is 5.44. The lowest BCUT2D eigenvalue weighted by Gasteiger charge is -2.21. The van der Waals surface area contributed by atoms with E-state index in [1.54, 1.807) is 0 Å². The molecule has 0 spiro atoms. The highest BCUT2D eigenvalue weighted by atomic mass is 16.3. The molecule has 0 aliphatic carbocycles. The van der Waals surface area contributed by atoms with Crippen molar-refractivity contribution in [3.05, 3.63) is 0 Å². The number of aliphatic hydroxyl groups is 1. The summed E-state index contributed by atoms with van der Waals surface area (Å²) < 4.78 is 0. The number of hydrogen-bond donors (Lipinski definition) is 2. The summed E-state index contributed by atoms with van der Waals surface area (Å²) in [4.78, 5) is 0. The maximum atomic E-state index is 9.19. The maximum Gasteiger partial charge on any atom is 0.0728 e.